The van der Waals surface area contributed by atoms with E-state index in [2.05, 4.69) is 0 Å². The number of carboxylic acids is 1. The molecule has 8 heteroatoms. The van der Waals surface area contributed by atoms with E-state index in [1.807, 2.05) is 19.1 Å². The van der Waals surface area contributed by atoms with Crippen molar-refractivity contribution >= 4 is 12.0 Å². The molecule has 0 bridgehead atoms. The highest BCUT2D eigenvalue weighted by molar-refractivity contribution is 5.73. The van der Waals surface area contributed by atoms with E-state index in [1.54, 1.807) is 18.2 Å². The highest BCUT2D eigenvalue weighted by Gasteiger charge is 2.48. The van der Waals surface area contributed by atoms with Gasteiger partial charge in [-0.25, -0.2) is 4.79 Å². The van der Waals surface area contributed by atoms with Gasteiger partial charge in [-0.2, -0.15) is 0 Å². The fraction of sp³-hybridized carbons (Fsp3) is 0.438. The van der Waals surface area contributed by atoms with Crippen molar-refractivity contribution in [2.75, 3.05) is 7.11 Å². The van der Waals surface area contributed by atoms with E-state index in [0.29, 0.717) is 5.75 Å². The number of allylic oxidation sites excluding steroid dienone is 1. The summed E-state index contributed by atoms with van der Waals surface area (Å²) in [5.74, 6) is -0.936. The molecule has 0 aliphatic carbocycles. The second-order valence-electron chi connectivity index (χ2n) is 5.26. The third-order valence-corrected chi connectivity index (χ3v) is 3.60. The first-order valence-corrected chi connectivity index (χ1v) is 7.29. The SMILES string of the molecule is C/C=C/c1ccc(OC2O[C@H](C(=O)O)[C@@H](O)[C@H](O)[C@H]2O)c(OC)c1. The number of aliphatic hydroxyl groups is 3. The third kappa shape index (κ3) is 3.68. The van der Waals surface area contributed by atoms with Crippen LogP contribution in [0.2, 0.25) is 0 Å². The van der Waals surface area contributed by atoms with Crippen molar-refractivity contribution in [2.24, 2.45) is 0 Å². The molecule has 0 saturated carbocycles. The van der Waals surface area contributed by atoms with E-state index >= 15 is 0 Å². The topological polar surface area (TPSA) is 126 Å². The molecule has 132 valence electrons. The summed E-state index contributed by atoms with van der Waals surface area (Å²) < 4.78 is 15.7. The van der Waals surface area contributed by atoms with Gasteiger partial charge < -0.3 is 34.6 Å². The predicted molar refractivity (Wildman–Crippen MR) is 82.6 cm³/mol. The van der Waals surface area contributed by atoms with Crippen LogP contribution in [0.4, 0.5) is 0 Å². The van der Waals surface area contributed by atoms with Gasteiger partial charge in [-0.05, 0) is 24.6 Å². The van der Waals surface area contributed by atoms with Crippen LogP contribution in [0.5, 0.6) is 11.5 Å². The fourth-order valence-electron chi connectivity index (χ4n) is 2.35. The van der Waals surface area contributed by atoms with E-state index in [9.17, 15) is 20.1 Å². The maximum absolute atomic E-state index is 11.1. The molecule has 1 fully saturated rings. The summed E-state index contributed by atoms with van der Waals surface area (Å²) in [6.45, 7) is 1.86. The van der Waals surface area contributed by atoms with E-state index in [-0.39, 0.29) is 5.75 Å². The summed E-state index contributed by atoms with van der Waals surface area (Å²) >= 11 is 0. The second kappa shape index (κ2) is 7.63. The first-order valence-electron chi connectivity index (χ1n) is 7.29. The van der Waals surface area contributed by atoms with Crippen molar-refractivity contribution in [3.05, 3.63) is 29.8 Å². The molecule has 1 saturated heterocycles. The molecule has 24 heavy (non-hydrogen) atoms. The third-order valence-electron chi connectivity index (χ3n) is 3.60. The van der Waals surface area contributed by atoms with Gasteiger partial charge in [-0.3, -0.25) is 0 Å². The summed E-state index contributed by atoms with van der Waals surface area (Å²) in [7, 11) is 1.43. The minimum absolute atomic E-state index is 0.197. The zero-order chi connectivity index (χ0) is 17.9. The van der Waals surface area contributed by atoms with Crippen molar-refractivity contribution in [1.82, 2.24) is 0 Å². The molecule has 4 N–H and O–H groups in total. The molecule has 1 aliphatic heterocycles. The molecule has 0 radical (unpaired) electrons. The highest BCUT2D eigenvalue weighted by Crippen LogP contribution is 2.32. The lowest BCUT2D eigenvalue weighted by Gasteiger charge is -2.38. The van der Waals surface area contributed by atoms with E-state index < -0.39 is 36.7 Å². The molecule has 0 amide bonds. The molecule has 8 nitrogen and oxygen atoms in total. The highest BCUT2D eigenvalue weighted by atomic mass is 16.7. The molecule has 1 aliphatic rings. The van der Waals surface area contributed by atoms with Crippen molar-refractivity contribution < 1.29 is 39.4 Å². The molecular formula is C16H20O8. The smallest absolute Gasteiger partial charge is 0.335 e. The number of ether oxygens (including phenoxy) is 3. The Morgan fingerprint density at radius 2 is 1.88 bits per heavy atom. The number of benzene rings is 1. The summed E-state index contributed by atoms with van der Waals surface area (Å²) in [4.78, 5) is 11.1. The van der Waals surface area contributed by atoms with E-state index in [1.165, 1.54) is 7.11 Å². The van der Waals surface area contributed by atoms with E-state index in [0.717, 1.165) is 5.56 Å². The molecule has 0 aromatic heterocycles. The van der Waals surface area contributed by atoms with E-state index in [4.69, 9.17) is 19.3 Å². The lowest BCUT2D eigenvalue weighted by Crippen LogP contribution is -2.61. The first-order chi connectivity index (χ1) is 11.4. The van der Waals surface area contributed by atoms with Crippen LogP contribution >= 0.6 is 0 Å². The molecule has 1 aromatic rings. The molecule has 1 heterocycles. The van der Waals surface area contributed by atoms with Crippen LogP contribution < -0.4 is 9.47 Å². The number of methoxy groups -OCH3 is 1. The minimum atomic E-state index is -1.77. The number of carbonyl (C=O) groups is 1. The Morgan fingerprint density at radius 1 is 1.17 bits per heavy atom. The van der Waals surface area contributed by atoms with Crippen LogP contribution in [0.15, 0.2) is 24.3 Å². The number of hydrogen-bond donors (Lipinski definition) is 4. The minimum Gasteiger partial charge on any atom is -0.493 e. The normalized spacial score (nSPS) is 30.3. The average molecular weight is 340 g/mol. The number of carboxylic acid groups (broad SMARTS) is 1. The Balaban J connectivity index is 2.24. The maximum atomic E-state index is 11.1. The predicted octanol–water partition coefficient (Wildman–Crippen LogP) is -0.000700. The van der Waals surface area contributed by atoms with Gasteiger partial charge in [0.15, 0.2) is 17.6 Å². The zero-order valence-electron chi connectivity index (χ0n) is 13.2. The molecule has 0 spiro atoms. The standard InChI is InChI=1S/C16H20O8/c1-3-4-8-5-6-9(10(7-8)22-2)23-16-13(19)11(17)12(18)14(24-16)15(20)21/h3-7,11-14,16-19H,1-2H3,(H,20,21)/b4-3+/t11-,12-,13+,14-,16?/m0/s1. The number of rotatable bonds is 5. The Labute approximate surface area is 138 Å². The Hall–Kier alpha value is -2.13. The average Bonchev–Trinajstić information content (AvgIpc) is 2.56. The molecule has 5 atom stereocenters. The van der Waals surface area contributed by atoms with Crippen LogP contribution in [0.1, 0.15) is 12.5 Å². The first kappa shape index (κ1) is 18.2. The van der Waals surface area contributed by atoms with Gasteiger partial charge in [-0.15, -0.1) is 0 Å². The lowest BCUT2D eigenvalue weighted by atomic mass is 9.99. The van der Waals surface area contributed by atoms with Gasteiger partial charge in [0.05, 0.1) is 7.11 Å². The van der Waals surface area contributed by atoms with Crippen molar-refractivity contribution in [2.45, 2.75) is 37.6 Å². The number of aliphatic hydroxyl groups excluding tert-OH is 3. The summed E-state index contributed by atoms with van der Waals surface area (Å²) in [5, 5.41) is 38.4. The van der Waals surface area contributed by atoms with Crippen LogP contribution in [0.3, 0.4) is 0 Å². The Kier molecular flexibility index (Phi) is 5.79. The van der Waals surface area contributed by atoms with Gasteiger partial charge in [-0.1, -0.05) is 18.2 Å². The van der Waals surface area contributed by atoms with Crippen LogP contribution in [-0.2, 0) is 9.53 Å². The molecular weight excluding hydrogens is 320 g/mol. The largest absolute Gasteiger partial charge is 0.493 e. The summed E-state index contributed by atoms with van der Waals surface area (Å²) in [5.41, 5.74) is 0.852. The van der Waals surface area contributed by atoms with Crippen LogP contribution in [-0.4, -0.2) is 64.2 Å². The van der Waals surface area contributed by atoms with Gasteiger partial charge in [0.2, 0.25) is 6.29 Å². The fourth-order valence-corrected chi connectivity index (χ4v) is 2.35. The van der Waals surface area contributed by atoms with Gasteiger partial charge in [0.25, 0.3) is 0 Å². The molecule has 1 unspecified atom stereocenters. The number of hydrogen-bond acceptors (Lipinski definition) is 7. The maximum Gasteiger partial charge on any atom is 0.335 e. The van der Waals surface area contributed by atoms with Crippen molar-refractivity contribution in [1.29, 1.82) is 0 Å². The number of aliphatic carboxylic acids is 1. The van der Waals surface area contributed by atoms with Gasteiger partial charge in [0.1, 0.15) is 18.3 Å². The van der Waals surface area contributed by atoms with Crippen LogP contribution in [0.25, 0.3) is 6.08 Å². The van der Waals surface area contributed by atoms with Crippen LogP contribution in [0, 0.1) is 0 Å². The lowest BCUT2D eigenvalue weighted by molar-refractivity contribution is -0.271. The van der Waals surface area contributed by atoms with Gasteiger partial charge >= 0.3 is 5.97 Å². The Morgan fingerprint density at radius 3 is 2.46 bits per heavy atom. The molecule has 2 rings (SSSR count). The zero-order valence-corrected chi connectivity index (χ0v) is 13.2. The quantitative estimate of drug-likeness (QED) is 0.590. The van der Waals surface area contributed by atoms with Crippen molar-refractivity contribution in [3.63, 3.8) is 0 Å². The van der Waals surface area contributed by atoms with Crippen molar-refractivity contribution in [3.8, 4) is 11.5 Å². The second-order valence-corrected chi connectivity index (χ2v) is 5.26. The Bertz CT molecular complexity index is 614. The summed E-state index contributed by atoms with van der Waals surface area (Å²) in [6.07, 6.45) is -4.63. The monoisotopic (exact) mass is 340 g/mol. The molecule has 1 aromatic carbocycles. The van der Waals surface area contributed by atoms with Gasteiger partial charge in [0, 0.05) is 0 Å². The summed E-state index contributed by atoms with van der Waals surface area (Å²) in [6, 6.07) is 4.98.